The molecular formula is C27H36ClF2N7O2. The molecule has 12 heteroatoms. The van der Waals surface area contributed by atoms with Gasteiger partial charge in [0.25, 0.3) is 12.3 Å². The number of carbonyl (C=O) groups excluding carboxylic acids is 2. The molecule has 0 spiro atoms. The molecule has 1 aliphatic heterocycles. The quantitative estimate of drug-likeness (QED) is 0.330. The maximum absolute atomic E-state index is 13.5. The van der Waals surface area contributed by atoms with Gasteiger partial charge >= 0.3 is 0 Å². The van der Waals surface area contributed by atoms with Crippen molar-refractivity contribution in [2.75, 3.05) is 44.7 Å². The van der Waals surface area contributed by atoms with Crippen LogP contribution in [0.1, 0.15) is 23.6 Å². The van der Waals surface area contributed by atoms with Crippen LogP contribution in [-0.4, -0.2) is 77.8 Å². The van der Waals surface area contributed by atoms with E-state index in [1.54, 1.807) is 29.2 Å². The summed E-state index contributed by atoms with van der Waals surface area (Å²) in [5.41, 5.74) is 4.33. The van der Waals surface area contributed by atoms with Crippen LogP contribution in [0.15, 0.2) is 42.6 Å². The Kier molecular flexibility index (Phi) is 10.6. The third-order valence-electron chi connectivity index (χ3n) is 6.75. The lowest BCUT2D eigenvalue weighted by atomic mass is 10.1. The Labute approximate surface area is 233 Å². The molecule has 1 aromatic heterocycles. The van der Waals surface area contributed by atoms with Crippen molar-refractivity contribution < 1.29 is 18.4 Å². The van der Waals surface area contributed by atoms with Crippen LogP contribution in [-0.2, 0) is 29.2 Å². The Morgan fingerprint density at radius 3 is 2.44 bits per heavy atom. The number of hydrogen-bond acceptors (Lipinski definition) is 6. The summed E-state index contributed by atoms with van der Waals surface area (Å²) in [6, 6.07) is 11.7. The topological polar surface area (TPSA) is 85.7 Å². The highest BCUT2D eigenvalue weighted by molar-refractivity contribution is 5.90. The summed E-state index contributed by atoms with van der Waals surface area (Å²) in [6.45, 7) is 6.37. The smallest absolute Gasteiger partial charge is 0.257 e. The normalized spacial score (nSPS) is 12.9. The highest BCUT2D eigenvalue weighted by Gasteiger charge is 2.27. The SMILES string of the molecule is CCNCCNC(=O)CN(CC(=O)N(C)N1Cc2ccccc2C1)c1cc2c(cnn2CC(F)F)cc1C.Cl. The number of anilines is 1. The molecule has 0 unspecified atom stereocenters. The molecule has 0 radical (unpaired) electrons. The van der Waals surface area contributed by atoms with Crippen LogP contribution in [0.3, 0.4) is 0 Å². The second-order valence-corrected chi connectivity index (χ2v) is 9.48. The molecule has 212 valence electrons. The van der Waals surface area contributed by atoms with Crippen LogP contribution in [0.25, 0.3) is 10.9 Å². The van der Waals surface area contributed by atoms with Gasteiger partial charge in [-0.1, -0.05) is 31.2 Å². The van der Waals surface area contributed by atoms with Crippen LogP contribution in [0, 0.1) is 6.92 Å². The van der Waals surface area contributed by atoms with E-state index in [-0.39, 0.29) is 37.3 Å². The van der Waals surface area contributed by atoms with Gasteiger partial charge in [-0.25, -0.2) is 13.8 Å². The van der Waals surface area contributed by atoms with E-state index in [9.17, 15) is 18.4 Å². The summed E-state index contributed by atoms with van der Waals surface area (Å²) in [6.07, 6.45) is -1.00. The summed E-state index contributed by atoms with van der Waals surface area (Å²) in [4.78, 5) is 28.0. The molecule has 4 rings (SSSR count). The van der Waals surface area contributed by atoms with Crippen molar-refractivity contribution in [3.63, 3.8) is 0 Å². The molecular weight excluding hydrogens is 528 g/mol. The number of fused-ring (bicyclic) bond motifs is 2. The minimum Gasteiger partial charge on any atom is -0.353 e. The van der Waals surface area contributed by atoms with E-state index in [1.165, 1.54) is 15.8 Å². The van der Waals surface area contributed by atoms with E-state index in [0.717, 1.165) is 17.5 Å². The number of aryl methyl sites for hydroxylation is 1. The van der Waals surface area contributed by atoms with Crippen molar-refractivity contribution in [3.8, 4) is 0 Å². The molecule has 2 N–H and O–H groups in total. The first-order valence-electron chi connectivity index (χ1n) is 12.8. The van der Waals surface area contributed by atoms with Crippen LogP contribution >= 0.6 is 12.4 Å². The maximum Gasteiger partial charge on any atom is 0.257 e. The highest BCUT2D eigenvalue weighted by Crippen LogP contribution is 2.28. The number of carbonyl (C=O) groups is 2. The Morgan fingerprint density at radius 1 is 1.10 bits per heavy atom. The number of alkyl halides is 2. The summed E-state index contributed by atoms with van der Waals surface area (Å²) in [5.74, 6) is -0.411. The number of amides is 2. The molecule has 3 aromatic rings. The van der Waals surface area contributed by atoms with Crippen LogP contribution in [0.2, 0.25) is 0 Å². The van der Waals surface area contributed by atoms with Crippen molar-refractivity contribution in [2.24, 2.45) is 0 Å². The Hall–Kier alpha value is -3.28. The molecule has 2 aromatic carbocycles. The second kappa shape index (κ2) is 13.7. The van der Waals surface area contributed by atoms with Gasteiger partial charge in [0.05, 0.1) is 24.8 Å². The zero-order chi connectivity index (χ0) is 27.2. The van der Waals surface area contributed by atoms with Crippen molar-refractivity contribution in [3.05, 3.63) is 59.3 Å². The summed E-state index contributed by atoms with van der Waals surface area (Å²) in [7, 11) is 1.73. The lowest BCUT2D eigenvalue weighted by Crippen LogP contribution is -2.48. The number of benzene rings is 2. The van der Waals surface area contributed by atoms with Crippen molar-refractivity contribution in [2.45, 2.75) is 39.9 Å². The molecule has 1 aliphatic rings. The fourth-order valence-electron chi connectivity index (χ4n) is 4.72. The standard InChI is InChI=1S/C27H35F2N7O2.ClH/c1-4-30-9-10-31-26(37)17-34(18-27(38)33(3)35-14-20-7-5-6-8-21(20)15-35)23-12-24-22(11-19(23)2)13-32-36(24)16-25(28)29;/h5-8,11-13,25,30H,4,9-10,14-18H2,1-3H3,(H,31,37);1H. The van der Waals surface area contributed by atoms with Crippen molar-refractivity contribution in [1.82, 2.24) is 30.4 Å². The Bertz CT molecular complexity index is 1260. The number of aromatic nitrogens is 2. The van der Waals surface area contributed by atoms with Gasteiger partial charge in [0.1, 0.15) is 6.54 Å². The molecule has 2 amide bonds. The molecule has 39 heavy (non-hydrogen) atoms. The van der Waals surface area contributed by atoms with Gasteiger partial charge in [0.2, 0.25) is 5.91 Å². The monoisotopic (exact) mass is 563 g/mol. The average molecular weight is 564 g/mol. The third-order valence-corrected chi connectivity index (χ3v) is 6.75. The number of rotatable bonds is 12. The van der Waals surface area contributed by atoms with Gasteiger partial charge in [0, 0.05) is 44.3 Å². The number of nitrogens with one attached hydrogen (secondary N) is 2. The summed E-state index contributed by atoms with van der Waals surface area (Å²) in [5, 5.41) is 14.4. The van der Waals surface area contributed by atoms with Crippen LogP contribution < -0.4 is 15.5 Å². The first-order valence-corrected chi connectivity index (χ1v) is 12.8. The van der Waals surface area contributed by atoms with Crippen molar-refractivity contribution in [1.29, 1.82) is 0 Å². The largest absolute Gasteiger partial charge is 0.353 e. The molecule has 0 atom stereocenters. The lowest BCUT2D eigenvalue weighted by Gasteiger charge is -2.32. The zero-order valence-electron chi connectivity index (χ0n) is 22.5. The number of nitrogens with zero attached hydrogens (tertiary/aromatic N) is 5. The van der Waals surface area contributed by atoms with Gasteiger partial charge in [-0.3, -0.25) is 19.3 Å². The predicted molar refractivity (Wildman–Crippen MR) is 150 cm³/mol. The molecule has 9 nitrogen and oxygen atoms in total. The van der Waals surface area contributed by atoms with Gasteiger partial charge in [-0.15, -0.1) is 12.4 Å². The number of hydrogen-bond donors (Lipinski definition) is 2. The molecule has 0 fully saturated rings. The fourth-order valence-corrected chi connectivity index (χ4v) is 4.72. The Morgan fingerprint density at radius 2 is 1.79 bits per heavy atom. The highest BCUT2D eigenvalue weighted by atomic mass is 35.5. The number of hydrazine groups is 1. The first-order chi connectivity index (χ1) is 18.3. The number of likely N-dealkylation sites (N-methyl/N-ethyl adjacent to an activating group) is 2. The summed E-state index contributed by atoms with van der Waals surface area (Å²) < 4.78 is 27.5. The van der Waals surface area contributed by atoms with Gasteiger partial charge in [-0.05, 0) is 42.3 Å². The average Bonchev–Trinajstić information content (AvgIpc) is 3.48. The van der Waals surface area contributed by atoms with E-state index in [0.29, 0.717) is 37.4 Å². The minimum atomic E-state index is -2.55. The first kappa shape index (κ1) is 30.3. The van der Waals surface area contributed by atoms with Crippen LogP contribution in [0.4, 0.5) is 14.5 Å². The fraction of sp³-hybridized carbons (Fsp3) is 0.444. The lowest BCUT2D eigenvalue weighted by molar-refractivity contribution is -0.145. The minimum absolute atomic E-state index is 0. The molecule has 0 aliphatic carbocycles. The maximum atomic E-state index is 13.5. The predicted octanol–water partition coefficient (Wildman–Crippen LogP) is 2.95. The van der Waals surface area contributed by atoms with E-state index in [2.05, 4.69) is 27.9 Å². The van der Waals surface area contributed by atoms with Crippen molar-refractivity contribution >= 4 is 40.8 Å². The number of halogens is 3. The molecule has 0 saturated heterocycles. The van der Waals surface area contributed by atoms with Gasteiger partial charge in [0.15, 0.2) is 0 Å². The molecule has 2 heterocycles. The second-order valence-electron chi connectivity index (χ2n) is 9.48. The zero-order valence-corrected chi connectivity index (χ0v) is 23.3. The van der Waals surface area contributed by atoms with Crippen LogP contribution in [0.5, 0.6) is 0 Å². The summed E-state index contributed by atoms with van der Waals surface area (Å²) >= 11 is 0. The van der Waals surface area contributed by atoms with Gasteiger partial charge in [-0.2, -0.15) is 5.10 Å². The molecule has 0 bridgehead atoms. The van der Waals surface area contributed by atoms with E-state index >= 15 is 0 Å². The van der Waals surface area contributed by atoms with E-state index < -0.39 is 13.0 Å². The third kappa shape index (κ3) is 7.43. The van der Waals surface area contributed by atoms with E-state index in [1.807, 2.05) is 37.1 Å². The Balaban J connectivity index is 0.00000420. The molecule has 0 saturated carbocycles. The van der Waals surface area contributed by atoms with E-state index in [4.69, 9.17) is 0 Å². The van der Waals surface area contributed by atoms with Gasteiger partial charge < -0.3 is 15.5 Å².